The van der Waals surface area contributed by atoms with E-state index in [0.717, 1.165) is 9.87 Å². The third-order valence-corrected chi connectivity index (χ3v) is 7.12. The van der Waals surface area contributed by atoms with E-state index < -0.39 is 22.5 Å². The van der Waals surface area contributed by atoms with E-state index in [2.05, 4.69) is 15.8 Å². The molecule has 0 aromatic heterocycles. The van der Waals surface area contributed by atoms with Gasteiger partial charge in [0.25, 0.3) is 21.8 Å². The van der Waals surface area contributed by atoms with Crippen LogP contribution in [0.3, 0.4) is 0 Å². The number of anilines is 1. The highest BCUT2D eigenvalue weighted by Gasteiger charge is 2.27. The Labute approximate surface area is 227 Å². The fourth-order valence-electron chi connectivity index (χ4n) is 3.29. The number of nitrogens with one attached hydrogen (secondary N) is 2. The Bertz CT molecular complexity index is 1390. The van der Waals surface area contributed by atoms with Gasteiger partial charge in [0.05, 0.1) is 16.8 Å². The number of aryl methyl sites for hydroxylation is 1. The van der Waals surface area contributed by atoms with Crippen molar-refractivity contribution in [1.82, 2.24) is 10.7 Å². The van der Waals surface area contributed by atoms with Crippen molar-refractivity contribution < 1.29 is 22.7 Å². The number of hydrogen-bond acceptors (Lipinski definition) is 6. The summed E-state index contributed by atoms with van der Waals surface area (Å²) in [6.45, 7) is 4.96. The zero-order chi connectivity index (χ0) is 27.7. The molecule has 2 amide bonds. The molecule has 9 nitrogen and oxygen atoms in total. The van der Waals surface area contributed by atoms with Crippen molar-refractivity contribution in [1.29, 1.82) is 0 Å². The van der Waals surface area contributed by atoms with Crippen LogP contribution in [0.4, 0.5) is 5.69 Å². The van der Waals surface area contributed by atoms with Crippen molar-refractivity contribution >= 4 is 45.3 Å². The molecule has 0 saturated heterocycles. The minimum Gasteiger partial charge on any atom is -0.484 e. The van der Waals surface area contributed by atoms with Gasteiger partial charge in [-0.25, -0.2) is 13.8 Å². The minimum absolute atomic E-state index is 0.0279. The lowest BCUT2D eigenvalue weighted by molar-refractivity contribution is -0.123. The molecule has 0 heterocycles. The van der Waals surface area contributed by atoms with Gasteiger partial charge >= 0.3 is 0 Å². The zero-order valence-corrected chi connectivity index (χ0v) is 22.8. The van der Waals surface area contributed by atoms with E-state index in [-0.39, 0.29) is 29.1 Å². The molecule has 38 heavy (non-hydrogen) atoms. The maximum absolute atomic E-state index is 13.4. The van der Waals surface area contributed by atoms with E-state index in [0.29, 0.717) is 16.3 Å². The van der Waals surface area contributed by atoms with Gasteiger partial charge in [0, 0.05) is 11.1 Å². The Morgan fingerprint density at radius 1 is 1.03 bits per heavy atom. The van der Waals surface area contributed by atoms with Gasteiger partial charge in [0.2, 0.25) is 0 Å². The summed E-state index contributed by atoms with van der Waals surface area (Å²) in [4.78, 5) is 24.4. The zero-order valence-electron chi connectivity index (χ0n) is 21.2. The monoisotopic (exact) mass is 556 g/mol. The van der Waals surface area contributed by atoms with Crippen LogP contribution in [0.2, 0.25) is 5.02 Å². The average Bonchev–Trinajstić information content (AvgIpc) is 2.86. The number of sulfonamides is 1. The molecule has 200 valence electrons. The van der Waals surface area contributed by atoms with Gasteiger partial charge < -0.3 is 10.1 Å². The van der Waals surface area contributed by atoms with Crippen LogP contribution < -0.4 is 19.8 Å². The number of nitrogens with zero attached hydrogens (tertiary/aromatic N) is 2. The maximum atomic E-state index is 13.4. The highest BCUT2D eigenvalue weighted by Crippen LogP contribution is 2.26. The van der Waals surface area contributed by atoms with Gasteiger partial charge in [0.15, 0.2) is 6.61 Å². The van der Waals surface area contributed by atoms with Crippen molar-refractivity contribution in [3.8, 4) is 5.75 Å². The van der Waals surface area contributed by atoms with E-state index >= 15 is 0 Å². The lowest BCUT2D eigenvalue weighted by Crippen LogP contribution is -2.39. The second kappa shape index (κ2) is 13.1. The number of benzene rings is 3. The molecule has 3 aromatic rings. The molecular weight excluding hydrogens is 528 g/mol. The van der Waals surface area contributed by atoms with Crippen molar-refractivity contribution in [2.24, 2.45) is 5.10 Å². The van der Waals surface area contributed by atoms with Crippen molar-refractivity contribution in [3.05, 3.63) is 88.9 Å². The van der Waals surface area contributed by atoms with E-state index in [1.165, 1.54) is 24.4 Å². The van der Waals surface area contributed by atoms with Gasteiger partial charge in [-0.3, -0.25) is 13.9 Å². The number of rotatable bonds is 11. The van der Waals surface area contributed by atoms with Crippen LogP contribution in [0.1, 0.15) is 25.0 Å². The molecular formula is C27H29ClN4O5S. The van der Waals surface area contributed by atoms with Gasteiger partial charge in [-0.1, -0.05) is 35.4 Å². The number of ether oxygens (including phenoxy) is 1. The summed E-state index contributed by atoms with van der Waals surface area (Å²) in [5.41, 5.74) is 4.16. The Morgan fingerprint density at radius 2 is 1.71 bits per heavy atom. The molecule has 11 heteroatoms. The van der Waals surface area contributed by atoms with Crippen LogP contribution in [0.15, 0.2) is 82.8 Å². The number of carbonyl (C=O) groups excluding carboxylic acids is 2. The molecule has 0 aliphatic heterocycles. The molecule has 0 aliphatic rings. The normalized spacial score (nSPS) is 11.4. The highest BCUT2D eigenvalue weighted by atomic mass is 35.5. The summed E-state index contributed by atoms with van der Waals surface area (Å²) in [7, 11) is -4.06. The predicted octanol–water partition coefficient (Wildman–Crippen LogP) is 3.90. The molecule has 0 spiro atoms. The maximum Gasteiger partial charge on any atom is 0.264 e. The molecule has 0 radical (unpaired) electrons. The summed E-state index contributed by atoms with van der Waals surface area (Å²) < 4.78 is 33.2. The second-order valence-electron chi connectivity index (χ2n) is 8.68. The molecule has 0 fully saturated rings. The van der Waals surface area contributed by atoms with E-state index in [9.17, 15) is 18.0 Å². The first-order valence-electron chi connectivity index (χ1n) is 11.7. The summed E-state index contributed by atoms with van der Waals surface area (Å²) >= 11 is 6.09. The molecule has 3 rings (SSSR count). The van der Waals surface area contributed by atoms with Gasteiger partial charge in [-0.2, -0.15) is 5.10 Å². The van der Waals surface area contributed by atoms with E-state index in [4.69, 9.17) is 16.3 Å². The number of amides is 2. The fraction of sp³-hybridized carbons (Fsp3) is 0.222. The topological polar surface area (TPSA) is 117 Å². The summed E-state index contributed by atoms with van der Waals surface area (Å²) in [5, 5.41) is 7.00. The largest absolute Gasteiger partial charge is 0.484 e. The molecule has 0 aliphatic carbocycles. The SMILES string of the molecule is Cc1ccc(S(=O)(=O)N(CC(=O)N/N=C\c2ccc(OCC(=O)NC(C)C)cc2)c2cccc(Cl)c2)cc1. The number of halogens is 1. The van der Waals surface area contributed by atoms with Crippen molar-refractivity contribution in [3.63, 3.8) is 0 Å². The fourth-order valence-corrected chi connectivity index (χ4v) is 4.89. The smallest absolute Gasteiger partial charge is 0.264 e. The quantitative estimate of drug-likeness (QED) is 0.274. The standard InChI is InChI=1S/C27H29ClN4O5S/c1-19(2)30-27(34)18-37-24-11-9-21(10-12-24)16-29-31-26(33)17-32(23-6-4-5-22(28)15-23)38(35,36)25-13-7-20(3)8-14-25/h4-16,19H,17-18H2,1-3H3,(H,30,34)(H,31,33)/b29-16-. The van der Waals surface area contributed by atoms with Crippen LogP contribution in [0, 0.1) is 6.92 Å². The Hall–Kier alpha value is -3.89. The van der Waals surface area contributed by atoms with Crippen LogP contribution in [0.25, 0.3) is 0 Å². The lowest BCUT2D eigenvalue weighted by atomic mass is 10.2. The lowest BCUT2D eigenvalue weighted by Gasteiger charge is -2.24. The first kappa shape index (κ1) is 28.7. The molecule has 0 atom stereocenters. The highest BCUT2D eigenvalue weighted by molar-refractivity contribution is 7.92. The van der Waals surface area contributed by atoms with Gasteiger partial charge in [-0.05, 0) is 80.9 Å². The van der Waals surface area contributed by atoms with E-state index in [1.54, 1.807) is 54.6 Å². The molecule has 0 unspecified atom stereocenters. The van der Waals surface area contributed by atoms with Gasteiger partial charge in [0.1, 0.15) is 12.3 Å². The number of carbonyl (C=O) groups is 2. The first-order valence-corrected chi connectivity index (χ1v) is 13.6. The van der Waals surface area contributed by atoms with Crippen LogP contribution in [0.5, 0.6) is 5.75 Å². The molecule has 2 N–H and O–H groups in total. The summed E-state index contributed by atoms with van der Waals surface area (Å²) in [6.07, 6.45) is 1.41. The Kier molecular flexibility index (Phi) is 9.86. The van der Waals surface area contributed by atoms with Gasteiger partial charge in [-0.15, -0.1) is 0 Å². The number of hydrazone groups is 1. The minimum atomic E-state index is -4.06. The predicted molar refractivity (Wildman–Crippen MR) is 148 cm³/mol. The summed E-state index contributed by atoms with van der Waals surface area (Å²) in [5.74, 6) is -0.360. The van der Waals surface area contributed by atoms with E-state index in [1.807, 2.05) is 20.8 Å². The van der Waals surface area contributed by atoms with Crippen LogP contribution in [-0.2, 0) is 19.6 Å². The first-order chi connectivity index (χ1) is 18.0. The third-order valence-electron chi connectivity index (χ3n) is 5.09. The molecule has 3 aromatic carbocycles. The van der Waals surface area contributed by atoms with Crippen LogP contribution in [-0.4, -0.2) is 45.6 Å². The molecule has 0 saturated carbocycles. The number of hydrogen-bond donors (Lipinski definition) is 2. The van der Waals surface area contributed by atoms with Crippen molar-refractivity contribution in [2.45, 2.75) is 31.7 Å². The Morgan fingerprint density at radius 3 is 2.34 bits per heavy atom. The second-order valence-corrected chi connectivity index (χ2v) is 11.0. The van der Waals surface area contributed by atoms with Crippen molar-refractivity contribution in [2.75, 3.05) is 17.5 Å². The Balaban J connectivity index is 1.66. The average molecular weight is 557 g/mol. The molecule has 0 bridgehead atoms. The third kappa shape index (κ3) is 8.32. The van der Waals surface area contributed by atoms with Crippen LogP contribution >= 0.6 is 11.6 Å². The summed E-state index contributed by atoms with van der Waals surface area (Å²) in [6, 6.07) is 19.4.